The molecule has 1 aliphatic heterocycles. The lowest BCUT2D eigenvalue weighted by atomic mass is 10.1. The molecule has 1 amide bonds. The second-order valence-corrected chi connectivity index (χ2v) is 6.16. The predicted molar refractivity (Wildman–Crippen MR) is 92.6 cm³/mol. The van der Waals surface area contributed by atoms with E-state index in [1.54, 1.807) is 0 Å². The Morgan fingerprint density at radius 1 is 1.32 bits per heavy atom. The van der Waals surface area contributed by atoms with E-state index in [4.69, 9.17) is 0 Å². The van der Waals surface area contributed by atoms with Crippen LogP contribution in [0, 0.1) is 0 Å². The molecule has 3 rings (SSSR count). The number of halogens is 1. The van der Waals surface area contributed by atoms with E-state index in [0.29, 0.717) is 6.04 Å². The van der Waals surface area contributed by atoms with Crippen LogP contribution in [-0.4, -0.2) is 31.1 Å². The minimum Gasteiger partial charge on any atom is -0.358 e. The van der Waals surface area contributed by atoms with Gasteiger partial charge < -0.3 is 15.5 Å². The molecule has 1 heterocycles. The molecule has 1 aromatic rings. The second-order valence-electron chi connectivity index (χ2n) is 6.16. The fourth-order valence-electron chi connectivity index (χ4n) is 3.42. The summed E-state index contributed by atoms with van der Waals surface area (Å²) in [6, 6.07) is 8.66. The van der Waals surface area contributed by atoms with Gasteiger partial charge in [0.25, 0.3) is 0 Å². The van der Waals surface area contributed by atoms with Gasteiger partial charge in [0.1, 0.15) is 6.04 Å². The molecule has 4 nitrogen and oxygen atoms in total. The van der Waals surface area contributed by atoms with Crippen LogP contribution in [0.5, 0.6) is 0 Å². The van der Waals surface area contributed by atoms with Gasteiger partial charge in [-0.15, -0.1) is 12.4 Å². The van der Waals surface area contributed by atoms with Crippen LogP contribution in [0.2, 0.25) is 0 Å². The van der Waals surface area contributed by atoms with E-state index in [-0.39, 0.29) is 24.4 Å². The maximum absolute atomic E-state index is 12.5. The highest BCUT2D eigenvalue weighted by molar-refractivity contribution is 5.85. The van der Waals surface area contributed by atoms with E-state index in [2.05, 4.69) is 39.8 Å². The van der Waals surface area contributed by atoms with Crippen molar-refractivity contribution in [2.24, 2.45) is 0 Å². The zero-order valence-electron chi connectivity index (χ0n) is 13.2. The van der Waals surface area contributed by atoms with Gasteiger partial charge in [-0.3, -0.25) is 4.79 Å². The largest absolute Gasteiger partial charge is 0.358 e. The van der Waals surface area contributed by atoms with Crippen molar-refractivity contribution in [1.82, 2.24) is 10.6 Å². The van der Waals surface area contributed by atoms with Crippen LogP contribution in [0.1, 0.15) is 38.2 Å². The number of fused-ring (bicyclic) bond motifs is 1. The molecular weight excluding hydrogens is 298 g/mol. The number of nitrogens with one attached hydrogen (secondary N) is 2. The number of carbonyl (C=O) groups excluding carboxylic acids is 1. The Kier molecular flexibility index (Phi) is 6.09. The van der Waals surface area contributed by atoms with Crippen LogP contribution in [0.25, 0.3) is 0 Å². The van der Waals surface area contributed by atoms with Crippen molar-refractivity contribution in [2.45, 2.75) is 51.2 Å². The molecule has 1 fully saturated rings. The molecule has 5 heteroatoms. The number of rotatable bonds is 3. The monoisotopic (exact) mass is 323 g/mol. The molecule has 0 radical (unpaired) electrons. The van der Waals surface area contributed by atoms with E-state index < -0.39 is 0 Å². The fourth-order valence-corrected chi connectivity index (χ4v) is 3.42. The molecule has 2 N–H and O–H groups in total. The normalized spacial score (nSPS) is 19.8. The number of benzene rings is 1. The Bertz CT molecular complexity index is 502. The van der Waals surface area contributed by atoms with Gasteiger partial charge in [-0.2, -0.15) is 0 Å². The highest BCUT2D eigenvalue weighted by Gasteiger charge is 2.27. The molecule has 122 valence electrons. The first-order valence-corrected chi connectivity index (χ1v) is 8.11. The molecule has 1 aliphatic carbocycles. The average molecular weight is 324 g/mol. The summed E-state index contributed by atoms with van der Waals surface area (Å²) in [6.07, 6.45) is 4.76. The van der Waals surface area contributed by atoms with Crippen LogP contribution in [-0.2, 0) is 11.3 Å². The highest BCUT2D eigenvalue weighted by Crippen LogP contribution is 2.24. The molecule has 1 atom stereocenters. The van der Waals surface area contributed by atoms with Crippen molar-refractivity contribution >= 4 is 24.0 Å². The second kappa shape index (κ2) is 7.84. The summed E-state index contributed by atoms with van der Waals surface area (Å²) in [6.45, 7) is 4.68. The third-order valence-corrected chi connectivity index (χ3v) is 4.69. The van der Waals surface area contributed by atoms with Gasteiger partial charge >= 0.3 is 0 Å². The van der Waals surface area contributed by atoms with Crippen LogP contribution < -0.4 is 15.5 Å². The Labute approximate surface area is 139 Å². The number of nitrogens with zero attached hydrogens (tertiary/aromatic N) is 1. The molecule has 22 heavy (non-hydrogen) atoms. The van der Waals surface area contributed by atoms with Gasteiger partial charge in [-0.05, 0) is 31.4 Å². The van der Waals surface area contributed by atoms with Crippen LogP contribution in [0.15, 0.2) is 24.3 Å². The van der Waals surface area contributed by atoms with E-state index in [9.17, 15) is 4.79 Å². The summed E-state index contributed by atoms with van der Waals surface area (Å²) in [4.78, 5) is 14.8. The summed E-state index contributed by atoms with van der Waals surface area (Å²) < 4.78 is 0. The van der Waals surface area contributed by atoms with Crippen molar-refractivity contribution in [3.63, 3.8) is 0 Å². The molecule has 1 aromatic carbocycles. The number of hydrogen-bond donors (Lipinski definition) is 2. The van der Waals surface area contributed by atoms with E-state index in [1.165, 1.54) is 24.1 Å². The number of amides is 1. The minimum absolute atomic E-state index is 0. The third kappa shape index (κ3) is 3.73. The number of para-hydroxylation sites is 1. The Balaban J connectivity index is 0.00000176. The molecule has 1 saturated carbocycles. The summed E-state index contributed by atoms with van der Waals surface area (Å²) >= 11 is 0. The highest BCUT2D eigenvalue weighted by atomic mass is 35.5. The van der Waals surface area contributed by atoms with Crippen molar-refractivity contribution in [2.75, 3.05) is 18.0 Å². The maximum Gasteiger partial charge on any atom is 0.242 e. The molecule has 0 aromatic heterocycles. The lowest BCUT2D eigenvalue weighted by Crippen LogP contribution is -2.49. The van der Waals surface area contributed by atoms with Gasteiger partial charge in [-0.1, -0.05) is 31.0 Å². The van der Waals surface area contributed by atoms with Crippen LogP contribution in [0.4, 0.5) is 5.69 Å². The van der Waals surface area contributed by atoms with E-state index in [0.717, 1.165) is 32.5 Å². The number of carbonyl (C=O) groups is 1. The van der Waals surface area contributed by atoms with E-state index in [1.807, 2.05) is 6.92 Å². The van der Waals surface area contributed by atoms with Crippen LogP contribution in [0.3, 0.4) is 0 Å². The molecule has 1 unspecified atom stereocenters. The van der Waals surface area contributed by atoms with Gasteiger partial charge in [0, 0.05) is 31.4 Å². The van der Waals surface area contributed by atoms with Gasteiger partial charge in [0.2, 0.25) is 5.91 Å². The Morgan fingerprint density at radius 2 is 2.05 bits per heavy atom. The Hall–Kier alpha value is -1.26. The molecule has 0 spiro atoms. The molecule has 0 bridgehead atoms. The first-order chi connectivity index (χ1) is 10.3. The SMILES string of the molecule is CC(C(=O)NC1CCCC1)N1CCNCc2ccccc21.Cl. The standard InChI is InChI=1S/C17H25N3O.ClH/c1-13(17(21)19-15-7-3-4-8-15)20-11-10-18-12-14-6-2-5-9-16(14)20;/h2,5-6,9,13,15,18H,3-4,7-8,10-12H2,1H3,(H,19,21);1H. The van der Waals surface area contributed by atoms with Crippen LogP contribution >= 0.6 is 12.4 Å². The number of anilines is 1. The van der Waals surface area contributed by atoms with Crippen molar-refractivity contribution in [1.29, 1.82) is 0 Å². The van der Waals surface area contributed by atoms with Gasteiger partial charge in [-0.25, -0.2) is 0 Å². The topological polar surface area (TPSA) is 44.4 Å². The molecule has 0 saturated heterocycles. The van der Waals surface area contributed by atoms with Crippen molar-refractivity contribution in [3.05, 3.63) is 29.8 Å². The summed E-state index contributed by atoms with van der Waals surface area (Å²) in [5.74, 6) is 0.165. The summed E-state index contributed by atoms with van der Waals surface area (Å²) in [5.41, 5.74) is 2.46. The first kappa shape index (κ1) is 17.1. The predicted octanol–water partition coefficient (Wildman–Crippen LogP) is 2.47. The van der Waals surface area contributed by atoms with Crippen molar-refractivity contribution < 1.29 is 4.79 Å². The average Bonchev–Trinajstić information content (AvgIpc) is 2.91. The van der Waals surface area contributed by atoms with Crippen molar-refractivity contribution in [3.8, 4) is 0 Å². The zero-order chi connectivity index (χ0) is 14.7. The maximum atomic E-state index is 12.5. The van der Waals surface area contributed by atoms with Gasteiger partial charge in [0.05, 0.1) is 0 Å². The number of hydrogen-bond acceptors (Lipinski definition) is 3. The molecular formula is C17H26ClN3O. The fraction of sp³-hybridized carbons (Fsp3) is 0.588. The first-order valence-electron chi connectivity index (χ1n) is 8.11. The minimum atomic E-state index is -0.119. The molecule has 2 aliphatic rings. The quantitative estimate of drug-likeness (QED) is 0.898. The van der Waals surface area contributed by atoms with Gasteiger partial charge in [0.15, 0.2) is 0 Å². The third-order valence-electron chi connectivity index (χ3n) is 4.69. The zero-order valence-corrected chi connectivity index (χ0v) is 14.0. The van der Waals surface area contributed by atoms with E-state index >= 15 is 0 Å². The summed E-state index contributed by atoms with van der Waals surface area (Å²) in [7, 11) is 0. The Morgan fingerprint density at radius 3 is 2.82 bits per heavy atom. The lowest BCUT2D eigenvalue weighted by molar-refractivity contribution is -0.122. The summed E-state index contributed by atoms with van der Waals surface area (Å²) in [5, 5.41) is 6.65. The lowest BCUT2D eigenvalue weighted by Gasteiger charge is -2.31. The smallest absolute Gasteiger partial charge is 0.242 e.